The lowest BCUT2D eigenvalue weighted by atomic mass is 9.76. The van der Waals surface area contributed by atoms with Crippen LogP contribution in [0.3, 0.4) is 0 Å². The van der Waals surface area contributed by atoms with Crippen molar-refractivity contribution < 1.29 is 0 Å². The molecule has 2 heteroatoms. The predicted octanol–water partition coefficient (Wildman–Crippen LogP) is 3.78. The lowest BCUT2D eigenvalue weighted by Crippen LogP contribution is -2.42. The quantitative estimate of drug-likeness (QED) is 0.292. The second kappa shape index (κ2) is 8.71. The van der Waals surface area contributed by atoms with Crippen molar-refractivity contribution in [1.82, 2.24) is 5.43 Å². The molecule has 0 aliphatic heterocycles. The molecule has 17 heavy (non-hydrogen) atoms. The Morgan fingerprint density at radius 2 is 2.06 bits per heavy atom. The van der Waals surface area contributed by atoms with Gasteiger partial charge < -0.3 is 0 Å². The van der Waals surface area contributed by atoms with Gasteiger partial charge in [0.1, 0.15) is 0 Å². The third-order valence-electron chi connectivity index (χ3n) is 4.29. The van der Waals surface area contributed by atoms with Crippen LogP contribution in [0.25, 0.3) is 0 Å². The number of nitrogens with two attached hydrogens (primary N) is 1. The van der Waals surface area contributed by atoms with Crippen molar-refractivity contribution in [3.63, 3.8) is 0 Å². The van der Waals surface area contributed by atoms with Crippen LogP contribution < -0.4 is 11.3 Å². The average molecular weight is 238 g/mol. The Hall–Kier alpha value is -0.340. The third-order valence-corrected chi connectivity index (χ3v) is 4.29. The molecule has 1 aliphatic carbocycles. The van der Waals surface area contributed by atoms with Crippen LogP contribution in [-0.4, -0.2) is 6.04 Å². The maximum absolute atomic E-state index is 5.70. The lowest BCUT2D eigenvalue weighted by Gasteiger charge is -2.33. The first-order valence-corrected chi connectivity index (χ1v) is 7.38. The maximum atomic E-state index is 5.70. The topological polar surface area (TPSA) is 38.0 Å². The zero-order chi connectivity index (χ0) is 12.5. The molecular formula is C15H30N2. The second-order valence-corrected chi connectivity index (χ2v) is 5.56. The van der Waals surface area contributed by atoms with Gasteiger partial charge in [-0.2, -0.15) is 0 Å². The minimum Gasteiger partial charge on any atom is -0.271 e. The van der Waals surface area contributed by atoms with Gasteiger partial charge in [-0.3, -0.25) is 11.3 Å². The zero-order valence-corrected chi connectivity index (χ0v) is 11.5. The normalized spacial score (nSPS) is 26.7. The van der Waals surface area contributed by atoms with E-state index in [2.05, 4.69) is 18.9 Å². The number of nitrogens with one attached hydrogen (secondary N) is 1. The van der Waals surface area contributed by atoms with Crippen molar-refractivity contribution in [3.05, 3.63) is 12.7 Å². The Labute approximate surface area is 107 Å². The summed E-state index contributed by atoms with van der Waals surface area (Å²) in [6.07, 6.45) is 13.9. The first kappa shape index (κ1) is 14.7. The summed E-state index contributed by atoms with van der Waals surface area (Å²) in [5, 5.41) is 0. The molecule has 3 N–H and O–H groups in total. The van der Waals surface area contributed by atoms with Crippen LogP contribution in [0.4, 0.5) is 0 Å². The Morgan fingerprint density at radius 1 is 1.35 bits per heavy atom. The smallest absolute Gasteiger partial charge is 0.0238 e. The summed E-state index contributed by atoms with van der Waals surface area (Å²) in [4.78, 5) is 0. The fourth-order valence-corrected chi connectivity index (χ4v) is 3.22. The molecule has 0 saturated heterocycles. The van der Waals surface area contributed by atoms with Crippen LogP contribution >= 0.6 is 0 Å². The van der Waals surface area contributed by atoms with Crippen molar-refractivity contribution in [2.45, 2.75) is 70.8 Å². The zero-order valence-electron chi connectivity index (χ0n) is 11.5. The van der Waals surface area contributed by atoms with E-state index in [0.717, 1.165) is 18.3 Å². The van der Waals surface area contributed by atoms with Crippen LogP contribution in [0.1, 0.15) is 64.7 Å². The molecule has 2 nitrogen and oxygen atoms in total. The molecule has 1 saturated carbocycles. The molecule has 1 fully saturated rings. The molecule has 0 aromatic carbocycles. The Kier molecular flexibility index (Phi) is 7.54. The molecule has 100 valence electrons. The Morgan fingerprint density at radius 3 is 2.59 bits per heavy atom. The van der Waals surface area contributed by atoms with Gasteiger partial charge in [0.15, 0.2) is 0 Å². The summed E-state index contributed by atoms with van der Waals surface area (Å²) in [7, 11) is 0. The largest absolute Gasteiger partial charge is 0.271 e. The number of rotatable bonds is 8. The first-order chi connectivity index (χ1) is 8.31. The Bertz CT molecular complexity index is 195. The van der Waals surface area contributed by atoms with E-state index in [1.54, 1.807) is 0 Å². The highest BCUT2D eigenvalue weighted by molar-refractivity contribution is 4.81. The van der Waals surface area contributed by atoms with Crippen LogP contribution in [0.2, 0.25) is 0 Å². The predicted molar refractivity (Wildman–Crippen MR) is 75.5 cm³/mol. The van der Waals surface area contributed by atoms with Crippen molar-refractivity contribution in [2.75, 3.05) is 0 Å². The van der Waals surface area contributed by atoms with Gasteiger partial charge in [-0.1, -0.05) is 38.7 Å². The molecular weight excluding hydrogens is 208 g/mol. The molecule has 0 radical (unpaired) electrons. The number of unbranched alkanes of at least 4 members (excludes halogenated alkanes) is 1. The summed E-state index contributed by atoms with van der Waals surface area (Å²) in [6.45, 7) is 6.07. The van der Waals surface area contributed by atoms with E-state index in [-0.39, 0.29) is 0 Å². The molecule has 0 heterocycles. The van der Waals surface area contributed by atoms with Crippen molar-refractivity contribution in [3.8, 4) is 0 Å². The van der Waals surface area contributed by atoms with Gasteiger partial charge in [-0.05, 0) is 43.9 Å². The van der Waals surface area contributed by atoms with E-state index in [0.29, 0.717) is 6.04 Å². The van der Waals surface area contributed by atoms with Gasteiger partial charge in [0, 0.05) is 6.04 Å². The van der Waals surface area contributed by atoms with E-state index in [9.17, 15) is 0 Å². The Balaban J connectivity index is 2.26. The summed E-state index contributed by atoms with van der Waals surface area (Å²) in [5.74, 6) is 7.50. The van der Waals surface area contributed by atoms with Crippen LogP contribution in [-0.2, 0) is 0 Å². The van der Waals surface area contributed by atoms with Gasteiger partial charge >= 0.3 is 0 Å². The third kappa shape index (κ3) is 5.22. The standard InChI is InChI=1S/C15H30N2/c1-3-5-6-8-15(17-16)14-11-9-13(7-4-2)10-12-14/h3,13-15,17H,1,4-12,16H2,2H3. The van der Waals surface area contributed by atoms with Crippen molar-refractivity contribution in [1.29, 1.82) is 0 Å². The number of hydrogen-bond acceptors (Lipinski definition) is 2. The maximum Gasteiger partial charge on any atom is 0.0238 e. The van der Waals surface area contributed by atoms with Crippen molar-refractivity contribution >= 4 is 0 Å². The molecule has 1 rings (SSSR count). The molecule has 1 aliphatic rings. The van der Waals surface area contributed by atoms with Crippen LogP contribution in [0.5, 0.6) is 0 Å². The highest BCUT2D eigenvalue weighted by atomic mass is 15.2. The SMILES string of the molecule is C=CCCCC(NN)C1CCC(CCC)CC1. The van der Waals surface area contributed by atoms with Gasteiger partial charge in [-0.15, -0.1) is 6.58 Å². The van der Waals surface area contributed by atoms with Gasteiger partial charge in [0.05, 0.1) is 0 Å². The minimum atomic E-state index is 0.525. The van der Waals surface area contributed by atoms with Gasteiger partial charge in [0.25, 0.3) is 0 Å². The van der Waals surface area contributed by atoms with E-state index in [1.165, 1.54) is 51.4 Å². The van der Waals surface area contributed by atoms with Crippen molar-refractivity contribution in [2.24, 2.45) is 17.7 Å². The number of hydrazine groups is 1. The molecule has 0 aromatic heterocycles. The summed E-state index contributed by atoms with van der Waals surface area (Å²) < 4.78 is 0. The van der Waals surface area contributed by atoms with E-state index in [4.69, 9.17) is 5.84 Å². The number of hydrogen-bond donors (Lipinski definition) is 2. The van der Waals surface area contributed by atoms with Gasteiger partial charge in [0.2, 0.25) is 0 Å². The average Bonchev–Trinajstić information content (AvgIpc) is 2.36. The summed E-state index contributed by atoms with van der Waals surface area (Å²) >= 11 is 0. The van der Waals surface area contributed by atoms with Crippen LogP contribution in [0, 0.1) is 11.8 Å². The lowest BCUT2D eigenvalue weighted by molar-refractivity contribution is 0.206. The molecule has 1 unspecified atom stereocenters. The highest BCUT2D eigenvalue weighted by Gasteiger charge is 2.26. The number of allylic oxidation sites excluding steroid dienone is 1. The summed E-state index contributed by atoms with van der Waals surface area (Å²) in [5.41, 5.74) is 3.04. The van der Waals surface area contributed by atoms with E-state index in [1.807, 2.05) is 6.08 Å². The van der Waals surface area contributed by atoms with E-state index < -0.39 is 0 Å². The summed E-state index contributed by atoms with van der Waals surface area (Å²) in [6, 6.07) is 0.525. The fourth-order valence-electron chi connectivity index (χ4n) is 3.22. The molecule has 0 aromatic rings. The second-order valence-electron chi connectivity index (χ2n) is 5.56. The van der Waals surface area contributed by atoms with Gasteiger partial charge in [-0.25, -0.2) is 0 Å². The molecule has 0 bridgehead atoms. The monoisotopic (exact) mass is 238 g/mol. The highest BCUT2D eigenvalue weighted by Crippen LogP contribution is 2.34. The first-order valence-electron chi connectivity index (χ1n) is 7.38. The molecule has 1 atom stereocenters. The molecule has 0 spiro atoms. The minimum absolute atomic E-state index is 0.525. The fraction of sp³-hybridized carbons (Fsp3) is 0.867. The molecule has 0 amide bonds. The van der Waals surface area contributed by atoms with Crippen LogP contribution in [0.15, 0.2) is 12.7 Å². The van der Waals surface area contributed by atoms with E-state index >= 15 is 0 Å².